The minimum absolute atomic E-state index is 0.245. The molecule has 9 N–H and O–H groups in total. The molecule has 14 heteroatoms. The average Bonchev–Trinajstić information content (AvgIpc) is 0.927. The van der Waals surface area contributed by atoms with E-state index in [2.05, 4.69) is 43.5 Å². The Labute approximate surface area is 582 Å². The van der Waals surface area contributed by atoms with Gasteiger partial charge in [0.25, 0.3) is 0 Å². The van der Waals surface area contributed by atoms with Crippen LogP contribution >= 0.6 is 0 Å². The molecular formula is C81H153NO13. The predicted molar refractivity (Wildman–Crippen MR) is 392 cm³/mol. The maximum atomic E-state index is 13.4. The van der Waals surface area contributed by atoms with Crippen LogP contribution in [0.4, 0.5) is 0 Å². The van der Waals surface area contributed by atoms with Crippen LogP contribution in [0, 0.1) is 0 Å². The van der Waals surface area contributed by atoms with Gasteiger partial charge in [0.05, 0.1) is 32.0 Å². The van der Waals surface area contributed by atoms with Crippen molar-refractivity contribution in [3.63, 3.8) is 0 Å². The number of aliphatic hydroxyl groups excluding tert-OH is 8. The first-order valence-electron chi connectivity index (χ1n) is 40.7. The van der Waals surface area contributed by atoms with E-state index >= 15 is 0 Å². The smallest absolute Gasteiger partial charge is 0.220 e. The zero-order valence-corrected chi connectivity index (χ0v) is 61.4. The van der Waals surface area contributed by atoms with Crippen LogP contribution in [0.3, 0.4) is 0 Å². The van der Waals surface area contributed by atoms with Gasteiger partial charge in [0, 0.05) is 6.42 Å². The third kappa shape index (κ3) is 48.6. The Bertz CT molecular complexity index is 1730. The van der Waals surface area contributed by atoms with Gasteiger partial charge in [-0.2, -0.15) is 0 Å². The van der Waals surface area contributed by atoms with Gasteiger partial charge in [0.1, 0.15) is 48.8 Å². The number of aliphatic hydroxyl groups is 8. The molecule has 560 valence electrons. The van der Waals surface area contributed by atoms with Crippen LogP contribution in [0.2, 0.25) is 0 Å². The molecule has 2 fully saturated rings. The van der Waals surface area contributed by atoms with Gasteiger partial charge in [-0.05, 0) is 44.9 Å². The van der Waals surface area contributed by atoms with Crippen LogP contribution in [-0.4, -0.2) is 140 Å². The van der Waals surface area contributed by atoms with Crippen molar-refractivity contribution in [3.05, 3.63) is 36.5 Å². The normalized spacial score (nSPS) is 22.5. The SMILES string of the molecule is CCCCCCCCCCCCC/C=C/CC/C=C/CC/C=C/C(O)C(COC1OC(CO)C(OC2OC(CO)C(O)C(O)C2O)C(O)C1O)NC(=O)CCCCCCCCCCCCCCCCCCCCCCCCCCCCCCCCCCCCCCCCCC. The van der Waals surface area contributed by atoms with Crippen molar-refractivity contribution in [3.8, 4) is 0 Å². The molecule has 95 heavy (non-hydrogen) atoms. The lowest BCUT2D eigenvalue weighted by molar-refractivity contribution is -0.359. The Hall–Kier alpha value is -1.79. The molecule has 1 amide bonds. The summed E-state index contributed by atoms with van der Waals surface area (Å²) in [7, 11) is 0. The second kappa shape index (κ2) is 65.5. The van der Waals surface area contributed by atoms with Gasteiger partial charge in [0.2, 0.25) is 5.91 Å². The van der Waals surface area contributed by atoms with Crippen molar-refractivity contribution in [1.29, 1.82) is 0 Å². The molecule has 2 rings (SSSR count). The number of carbonyl (C=O) groups excluding carboxylic acids is 1. The molecule has 0 bridgehead atoms. The minimum Gasteiger partial charge on any atom is -0.394 e. The summed E-state index contributed by atoms with van der Waals surface area (Å²) in [5.74, 6) is -0.245. The van der Waals surface area contributed by atoms with E-state index in [1.54, 1.807) is 6.08 Å². The lowest BCUT2D eigenvalue weighted by atomic mass is 9.97. The first-order chi connectivity index (χ1) is 46.6. The van der Waals surface area contributed by atoms with E-state index in [0.29, 0.717) is 12.8 Å². The topological polar surface area (TPSA) is 228 Å². The Morgan fingerprint density at radius 2 is 0.674 bits per heavy atom. The number of unbranched alkanes of at least 4 members (excludes halogenated alkanes) is 52. The van der Waals surface area contributed by atoms with Crippen molar-refractivity contribution in [2.24, 2.45) is 0 Å². The van der Waals surface area contributed by atoms with E-state index in [-0.39, 0.29) is 18.9 Å². The number of hydrogen-bond donors (Lipinski definition) is 9. The fourth-order valence-electron chi connectivity index (χ4n) is 13.6. The molecule has 0 spiro atoms. The molecule has 0 aliphatic carbocycles. The lowest BCUT2D eigenvalue weighted by Gasteiger charge is -2.46. The number of nitrogens with one attached hydrogen (secondary N) is 1. The van der Waals surface area contributed by atoms with Gasteiger partial charge in [-0.25, -0.2) is 0 Å². The van der Waals surface area contributed by atoms with Crippen LogP contribution < -0.4 is 5.32 Å². The lowest BCUT2D eigenvalue weighted by Crippen LogP contribution is -2.65. The van der Waals surface area contributed by atoms with E-state index in [1.165, 1.54) is 302 Å². The highest BCUT2D eigenvalue weighted by atomic mass is 16.7. The Morgan fingerprint density at radius 1 is 0.368 bits per heavy atom. The molecule has 0 aromatic rings. The molecule has 2 aliphatic rings. The van der Waals surface area contributed by atoms with Crippen LogP contribution in [0.25, 0.3) is 0 Å². The molecule has 0 aromatic heterocycles. The number of amides is 1. The van der Waals surface area contributed by atoms with E-state index in [1.807, 2.05) is 6.08 Å². The number of rotatable bonds is 69. The third-order valence-corrected chi connectivity index (χ3v) is 20.1. The Morgan fingerprint density at radius 3 is 1.03 bits per heavy atom. The van der Waals surface area contributed by atoms with Crippen LogP contribution in [0.5, 0.6) is 0 Å². The highest BCUT2D eigenvalue weighted by molar-refractivity contribution is 5.76. The third-order valence-electron chi connectivity index (χ3n) is 20.1. The number of hydrogen-bond acceptors (Lipinski definition) is 13. The van der Waals surface area contributed by atoms with E-state index in [4.69, 9.17) is 18.9 Å². The van der Waals surface area contributed by atoms with Crippen molar-refractivity contribution in [1.82, 2.24) is 5.32 Å². The van der Waals surface area contributed by atoms with Crippen LogP contribution in [0.15, 0.2) is 36.5 Å². The molecule has 0 saturated carbocycles. The highest BCUT2D eigenvalue weighted by Gasteiger charge is 2.51. The molecule has 2 heterocycles. The van der Waals surface area contributed by atoms with Gasteiger partial charge in [-0.1, -0.05) is 365 Å². The molecular weight excluding hydrogens is 1190 g/mol. The van der Waals surface area contributed by atoms with E-state index < -0.39 is 86.8 Å². The van der Waals surface area contributed by atoms with Gasteiger partial charge in [0.15, 0.2) is 12.6 Å². The van der Waals surface area contributed by atoms with Gasteiger partial charge < -0.3 is 65.1 Å². The van der Waals surface area contributed by atoms with Crippen molar-refractivity contribution >= 4 is 5.91 Å². The Balaban J connectivity index is 1.57. The second-order valence-electron chi connectivity index (χ2n) is 28.9. The summed E-state index contributed by atoms with van der Waals surface area (Å²) in [4.78, 5) is 13.4. The minimum atomic E-state index is -1.79. The maximum Gasteiger partial charge on any atom is 0.220 e. The van der Waals surface area contributed by atoms with Crippen molar-refractivity contribution in [2.75, 3.05) is 19.8 Å². The first-order valence-corrected chi connectivity index (χ1v) is 40.7. The quantitative estimate of drug-likeness (QED) is 0.0204. The number of ether oxygens (including phenoxy) is 4. The summed E-state index contributed by atoms with van der Waals surface area (Å²) in [5.41, 5.74) is 0. The average molecular weight is 1350 g/mol. The van der Waals surface area contributed by atoms with Gasteiger partial charge >= 0.3 is 0 Å². The summed E-state index contributed by atoms with van der Waals surface area (Å²) < 4.78 is 22.9. The van der Waals surface area contributed by atoms with E-state index in [0.717, 1.165) is 44.9 Å². The molecule has 0 aromatic carbocycles. The molecule has 2 saturated heterocycles. The van der Waals surface area contributed by atoms with E-state index in [9.17, 15) is 45.6 Å². The van der Waals surface area contributed by atoms with Gasteiger partial charge in [-0.15, -0.1) is 0 Å². The second-order valence-corrected chi connectivity index (χ2v) is 28.9. The zero-order chi connectivity index (χ0) is 68.7. The largest absolute Gasteiger partial charge is 0.394 e. The number of carbonyl (C=O) groups is 1. The van der Waals surface area contributed by atoms with Crippen molar-refractivity contribution in [2.45, 2.75) is 453 Å². The standard InChI is InChI=1S/C81H153NO13/c1-3-5-7-9-11-13-15-17-19-21-23-25-26-27-28-29-30-31-32-33-34-35-36-37-38-39-40-41-42-43-45-47-49-51-53-55-57-59-61-63-65-73(86)82-69(70(85)64-62-60-58-56-54-52-50-48-46-44-24-22-20-18-16-14-12-10-8-6-4-2)68-92-80-78(91)76(89)79(72(67-84)94-80)95-81-77(90)75(88)74(87)71(66-83)93-81/h46,48,54,56,62,64,69-72,74-81,83-85,87-91H,3-45,47,49-53,55,57-61,63,65-68H2,1-2H3,(H,82,86)/b48-46+,56-54+,64-62+. The molecule has 12 atom stereocenters. The monoisotopic (exact) mass is 1350 g/mol. The summed E-state index contributed by atoms with van der Waals surface area (Å²) in [6, 6.07) is -0.938. The summed E-state index contributed by atoms with van der Waals surface area (Å²) in [6.45, 7) is 2.83. The molecule has 0 radical (unpaired) electrons. The van der Waals surface area contributed by atoms with Crippen LogP contribution in [-0.2, 0) is 23.7 Å². The van der Waals surface area contributed by atoms with Gasteiger partial charge in [-0.3, -0.25) is 4.79 Å². The molecule has 2 aliphatic heterocycles. The summed E-state index contributed by atoms with van der Waals surface area (Å²) in [5, 5.41) is 87.5. The first kappa shape index (κ1) is 89.3. The highest BCUT2D eigenvalue weighted by Crippen LogP contribution is 2.30. The van der Waals surface area contributed by atoms with Crippen molar-refractivity contribution < 1.29 is 64.6 Å². The maximum absolute atomic E-state index is 13.4. The fourth-order valence-corrected chi connectivity index (χ4v) is 13.6. The predicted octanol–water partition coefficient (Wildman–Crippen LogP) is 18.4. The molecule has 14 nitrogen and oxygen atoms in total. The zero-order valence-electron chi connectivity index (χ0n) is 61.4. The summed E-state index contributed by atoms with van der Waals surface area (Å²) >= 11 is 0. The summed E-state index contributed by atoms with van der Waals surface area (Å²) in [6.07, 6.45) is 69.7. The number of allylic oxidation sites excluding steroid dienone is 5. The fraction of sp³-hybridized carbons (Fsp3) is 0.914. The Kier molecular flexibility index (Phi) is 61.6. The van der Waals surface area contributed by atoms with Crippen LogP contribution in [0.1, 0.15) is 380 Å². The molecule has 12 unspecified atom stereocenters.